The van der Waals surface area contributed by atoms with Crippen LogP contribution in [0, 0.1) is 0 Å². The molecule has 0 bridgehead atoms. The molecule has 0 spiro atoms. The van der Waals surface area contributed by atoms with E-state index in [1.165, 1.54) is 25.7 Å². The van der Waals surface area contributed by atoms with Gasteiger partial charge in [0.2, 0.25) is 0 Å². The molecule has 0 saturated heterocycles. The number of hydrogen-bond acceptors (Lipinski definition) is 2. The molecular weight excluding hydrogens is 224 g/mol. The quantitative estimate of drug-likeness (QED) is 0.194. The molecule has 0 aromatic heterocycles. The van der Waals surface area contributed by atoms with E-state index in [9.17, 15) is 0 Å². The van der Waals surface area contributed by atoms with Crippen molar-refractivity contribution in [3.05, 3.63) is 25.3 Å². The standard InChI is InChI=1S/C16H30O2/c1-5-9-11-13-15(7-3)17-18-16(8-4)14-12-10-6-2/h7-8,15-16H,3-6,9-14H2,1-2H3. The van der Waals surface area contributed by atoms with E-state index in [-0.39, 0.29) is 12.2 Å². The topological polar surface area (TPSA) is 18.5 Å². The normalized spacial score (nSPS) is 14.1. The van der Waals surface area contributed by atoms with Gasteiger partial charge in [-0.3, -0.25) is 0 Å². The Hall–Kier alpha value is -0.600. The summed E-state index contributed by atoms with van der Waals surface area (Å²) in [6, 6.07) is 0. The fourth-order valence-electron chi connectivity index (χ4n) is 1.74. The van der Waals surface area contributed by atoms with Crippen molar-refractivity contribution in [1.29, 1.82) is 0 Å². The Kier molecular flexibility index (Phi) is 12.4. The van der Waals surface area contributed by atoms with E-state index in [1.807, 2.05) is 12.2 Å². The fraction of sp³-hybridized carbons (Fsp3) is 0.750. The lowest BCUT2D eigenvalue weighted by Crippen LogP contribution is -2.17. The molecular formula is C16H30O2. The van der Waals surface area contributed by atoms with Crippen molar-refractivity contribution in [1.82, 2.24) is 0 Å². The lowest BCUT2D eigenvalue weighted by atomic mass is 10.1. The average Bonchev–Trinajstić information content (AvgIpc) is 2.40. The maximum Gasteiger partial charge on any atom is 0.111 e. The first-order chi connectivity index (χ1) is 8.78. The number of unbranched alkanes of at least 4 members (excludes halogenated alkanes) is 4. The second kappa shape index (κ2) is 12.8. The Labute approximate surface area is 113 Å². The van der Waals surface area contributed by atoms with Crippen molar-refractivity contribution in [2.24, 2.45) is 0 Å². The van der Waals surface area contributed by atoms with Crippen LogP contribution in [0.1, 0.15) is 65.2 Å². The molecule has 0 radical (unpaired) electrons. The molecule has 0 aliphatic carbocycles. The van der Waals surface area contributed by atoms with E-state index in [0.29, 0.717) is 0 Å². The Balaban J connectivity index is 3.77. The van der Waals surface area contributed by atoms with Crippen LogP contribution in [-0.2, 0) is 9.78 Å². The summed E-state index contributed by atoms with van der Waals surface area (Å²) < 4.78 is 0. The molecule has 0 aliphatic heterocycles. The van der Waals surface area contributed by atoms with Gasteiger partial charge in [-0.2, -0.15) is 0 Å². The van der Waals surface area contributed by atoms with Crippen LogP contribution in [0.2, 0.25) is 0 Å². The van der Waals surface area contributed by atoms with Gasteiger partial charge in [0.15, 0.2) is 0 Å². The van der Waals surface area contributed by atoms with Crippen LogP contribution in [-0.4, -0.2) is 12.2 Å². The maximum absolute atomic E-state index is 5.43. The lowest BCUT2D eigenvalue weighted by Gasteiger charge is -2.17. The summed E-state index contributed by atoms with van der Waals surface area (Å²) >= 11 is 0. The third-order valence-corrected chi connectivity index (χ3v) is 3.01. The van der Waals surface area contributed by atoms with Crippen molar-refractivity contribution in [2.75, 3.05) is 0 Å². The minimum atomic E-state index is 0.00479. The van der Waals surface area contributed by atoms with Gasteiger partial charge in [0.1, 0.15) is 12.2 Å². The predicted molar refractivity (Wildman–Crippen MR) is 78.4 cm³/mol. The van der Waals surface area contributed by atoms with Gasteiger partial charge < -0.3 is 0 Å². The van der Waals surface area contributed by atoms with Crippen molar-refractivity contribution >= 4 is 0 Å². The first-order valence-electron chi connectivity index (χ1n) is 7.35. The minimum absolute atomic E-state index is 0.00479. The Bertz CT molecular complexity index is 179. The molecule has 106 valence electrons. The summed E-state index contributed by atoms with van der Waals surface area (Å²) in [5.74, 6) is 0. The minimum Gasteiger partial charge on any atom is -0.229 e. The molecule has 0 heterocycles. The first-order valence-corrected chi connectivity index (χ1v) is 7.35. The van der Waals surface area contributed by atoms with Crippen LogP contribution in [0.3, 0.4) is 0 Å². The van der Waals surface area contributed by atoms with Gasteiger partial charge in [-0.15, -0.1) is 13.2 Å². The van der Waals surface area contributed by atoms with E-state index in [4.69, 9.17) is 9.78 Å². The molecule has 0 saturated carbocycles. The smallest absolute Gasteiger partial charge is 0.111 e. The summed E-state index contributed by atoms with van der Waals surface area (Å²) in [4.78, 5) is 10.9. The van der Waals surface area contributed by atoms with E-state index in [1.54, 1.807) is 0 Å². The van der Waals surface area contributed by atoms with Crippen LogP contribution in [0.25, 0.3) is 0 Å². The SMILES string of the molecule is C=CC(CCCCC)OOC(C=C)CCCCC. The molecule has 2 atom stereocenters. The van der Waals surface area contributed by atoms with Crippen LogP contribution in [0.4, 0.5) is 0 Å². The second-order valence-electron chi connectivity index (χ2n) is 4.73. The molecule has 0 aliphatic rings. The molecule has 0 rings (SSSR count). The summed E-state index contributed by atoms with van der Waals surface area (Å²) in [6.07, 6.45) is 12.8. The van der Waals surface area contributed by atoms with Crippen LogP contribution >= 0.6 is 0 Å². The molecule has 0 N–H and O–H groups in total. The molecule has 2 unspecified atom stereocenters. The van der Waals surface area contributed by atoms with Crippen molar-refractivity contribution in [3.8, 4) is 0 Å². The highest BCUT2D eigenvalue weighted by Gasteiger charge is 2.10. The van der Waals surface area contributed by atoms with Crippen molar-refractivity contribution in [2.45, 2.75) is 77.4 Å². The Morgan fingerprint density at radius 3 is 1.44 bits per heavy atom. The van der Waals surface area contributed by atoms with Gasteiger partial charge in [-0.05, 0) is 12.8 Å². The molecule has 0 aromatic carbocycles. The second-order valence-corrected chi connectivity index (χ2v) is 4.73. The molecule has 0 fully saturated rings. The summed E-state index contributed by atoms with van der Waals surface area (Å²) in [6.45, 7) is 12.0. The zero-order valence-electron chi connectivity index (χ0n) is 12.2. The van der Waals surface area contributed by atoms with E-state index in [2.05, 4.69) is 27.0 Å². The van der Waals surface area contributed by atoms with Crippen molar-refractivity contribution in [3.63, 3.8) is 0 Å². The van der Waals surface area contributed by atoms with E-state index < -0.39 is 0 Å². The largest absolute Gasteiger partial charge is 0.229 e. The lowest BCUT2D eigenvalue weighted by molar-refractivity contribution is -0.334. The van der Waals surface area contributed by atoms with Gasteiger partial charge in [-0.1, -0.05) is 64.5 Å². The molecule has 18 heavy (non-hydrogen) atoms. The molecule has 2 heteroatoms. The highest BCUT2D eigenvalue weighted by Crippen LogP contribution is 2.13. The van der Waals surface area contributed by atoms with Gasteiger partial charge in [-0.25, -0.2) is 9.78 Å². The zero-order chi connectivity index (χ0) is 13.6. The maximum atomic E-state index is 5.43. The average molecular weight is 254 g/mol. The fourth-order valence-corrected chi connectivity index (χ4v) is 1.74. The highest BCUT2D eigenvalue weighted by molar-refractivity contribution is 4.81. The Morgan fingerprint density at radius 1 is 0.778 bits per heavy atom. The Morgan fingerprint density at radius 2 is 1.17 bits per heavy atom. The van der Waals surface area contributed by atoms with Crippen LogP contribution < -0.4 is 0 Å². The molecule has 2 nitrogen and oxygen atoms in total. The van der Waals surface area contributed by atoms with E-state index in [0.717, 1.165) is 25.7 Å². The summed E-state index contributed by atoms with van der Waals surface area (Å²) in [5, 5.41) is 0. The third-order valence-electron chi connectivity index (χ3n) is 3.01. The zero-order valence-corrected chi connectivity index (χ0v) is 12.2. The number of hydrogen-bond donors (Lipinski definition) is 0. The first kappa shape index (κ1) is 17.4. The van der Waals surface area contributed by atoms with Gasteiger partial charge in [0.25, 0.3) is 0 Å². The van der Waals surface area contributed by atoms with Gasteiger partial charge in [0.05, 0.1) is 0 Å². The third kappa shape index (κ3) is 9.43. The monoisotopic (exact) mass is 254 g/mol. The molecule has 0 amide bonds. The summed E-state index contributed by atoms with van der Waals surface area (Å²) in [7, 11) is 0. The van der Waals surface area contributed by atoms with Crippen LogP contribution in [0.15, 0.2) is 25.3 Å². The van der Waals surface area contributed by atoms with Crippen LogP contribution in [0.5, 0.6) is 0 Å². The molecule has 0 aromatic rings. The summed E-state index contributed by atoms with van der Waals surface area (Å²) in [5.41, 5.74) is 0. The highest BCUT2D eigenvalue weighted by atomic mass is 17.2. The van der Waals surface area contributed by atoms with E-state index >= 15 is 0 Å². The van der Waals surface area contributed by atoms with Gasteiger partial charge >= 0.3 is 0 Å². The van der Waals surface area contributed by atoms with Gasteiger partial charge in [0, 0.05) is 0 Å². The van der Waals surface area contributed by atoms with Crippen molar-refractivity contribution < 1.29 is 9.78 Å². The predicted octanol–water partition coefficient (Wildman–Crippen LogP) is 5.20. The number of rotatable bonds is 13.